The van der Waals surface area contributed by atoms with E-state index in [0.717, 1.165) is 48.8 Å². The predicted octanol–water partition coefficient (Wildman–Crippen LogP) is 0.348. The summed E-state index contributed by atoms with van der Waals surface area (Å²) in [7, 11) is 0. The summed E-state index contributed by atoms with van der Waals surface area (Å²) in [4.78, 5) is 32.4. The van der Waals surface area contributed by atoms with Gasteiger partial charge in [-0.1, -0.05) is 0 Å². The Kier molecular flexibility index (Phi) is 5.37. The third-order valence-electron chi connectivity index (χ3n) is 4.61. The van der Waals surface area contributed by atoms with Crippen molar-refractivity contribution in [2.24, 2.45) is 0 Å². The average Bonchev–Trinajstić information content (AvgIpc) is 3.33. The fourth-order valence-electron chi connectivity index (χ4n) is 3.28. The molecule has 0 bridgehead atoms. The van der Waals surface area contributed by atoms with Crippen LogP contribution in [0.4, 0.5) is 11.6 Å². The highest BCUT2D eigenvalue weighted by Crippen LogP contribution is 2.15. The lowest BCUT2D eigenvalue weighted by Gasteiger charge is -2.14. The van der Waals surface area contributed by atoms with Gasteiger partial charge >= 0.3 is 11.8 Å². The standard InChI is InChI=1S/C18H22N10O2/c1-11-7-12(2)21-18(20-11)26-25-17(30)16(29)22-13-8-19-27(9-13)10-15-24-23-14-5-3-4-6-28(14)15/h7-9H,3-6,10H2,1-2H3,(H,22,29)(H,25,30)(H,20,21,26). The highest BCUT2D eigenvalue weighted by Gasteiger charge is 2.18. The molecule has 3 N–H and O–H groups in total. The zero-order valence-electron chi connectivity index (χ0n) is 16.7. The minimum atomic E-state index is -0.878. The first-order valence-electron chi connectivity index (χ1n) is 9.61. The molecule has 0 fully saturated rings. The molecule has 0 saturated carbocycles. The van der Waals surface area contributed by atoms with E-state index in [-0.39, 0.29) is 5.95 Å². The summed E-state index contributed by atoms with van der Waals surface area (Å²) in [6, 6.07) is 1.80. The van der Waals surface area contributed by atoms with Crippen molar-refractivity contribution in [1.82, 2.24) is 39.9 Å². The van der Waals surface area contributed by atoms with Crippen LogP contribution in [0.25, 0.3) is 0 Å². The van der Waals surface area contributed by atoms with Crippen molar-refractivity contribution in [2.75, 3.05) is 10.7 Å². The number of anilines is 2. The van der Waals surface area contributed by atoms with Crippen molar-refractivity contribution in [3.8, 4) is 0 Å². The molecule has 156 valence electrons. The molecule has 0 aliphatic carbocycles. The van der Waals surface area contributed by atoms with Gasteiger partial charge in [-0.05, 0) is 32.8 Å². The van der Waals surface area contributed by atoms with Gasteiger partial charge in [0.15, 0.2) is 5.82 Å². The minimum Gasteiger partial charge on any atom is -0.315 e. The van der Waals surface area contributed by atoms with Crippen LogP contribution in [-0.2, 0) is 29.1 Å². The molecular weight excluding hydrogens is 388 g/mol. The third-order valence-corrected chi connectivity index (χ3v) is 4.61. The minimum absolute atomic E-state index is 0.207. The number of nitrogens with one attached hydrogen (secondary N) is 3. The van der Waals surface area contributed by atoms with E-state index in [0.29, 0.717) is 12.2 Å². The Morgan fingerprint density at radius 1 is 1.10 bits per heavy atom. The number of aromatic nitrogens is 7. The number of carbonyl (C=O) groups is 2. The lowest BCUT2D eigenvalue weighted by Crippen LogP contribution is -2.39. The Balaban J connectivity index is 1.32. The second-order valence-electron chi connectivity index (χ2n) is 7.08. The summed E-state index contributed by atoms with van der Waals surface area (Å²) >= 11 is 0. The smallest absolute Gasteiger partial charge is 0.315 e. The summed E-state index contributed by atoms with van der Waals surface area (Å²) in [6.45, 7) is 4.95. The number of aryl methyl sites for hydroxylation is 3. The van der Waals surface area contributed by atoms with Crippen molar-refractivity contribution in [2.45, 2.75) is 46.2 Å². The molecular formula is C18H22N10O2. The van der Waals surface area contributed by atoms with Crippen LogP contribution in [-0.4, -0.2) is 46.3 Å². The van der Waals surface area contributed by atoms with E-state index in [4.69, 9.17) is 0 Å². The molecule has 0 saturated heterocycles. The molecule has 0 spiro atoms. The van der Waals surface area contributed by atoms with Crippen LogP contribution in [0.5, 0.6) is 0 Å². The SMILES string of the molecule is Cc1cc(C)nc(NNC(=O)C(=O)Nc2cnn(Cc3nnc4n3CCCC4)c2)n1. The molecule has 3 aromatic heterocycles. The van der Waals surface area contributed by atoms with Crippen molar-refractivity contribution in [3.63, 3.8) is 0 Å². The van der Waals surface area contributed by atoms with Gasteiger partial charge in [0.2, 0.25) is 5.95 Å². The quantitative estimate of drug-likeness (QED) is 0.404. The first-order valence-corrected chi connectivity index (χ1v) is 9.61. The summed E-state index contributed by atoms with van der Waals surface area (Å²) < 4.78 is 3.75. The van der Waals surface area contributed by atoms with Crippen molar-refractivity contribution in [3.05, 3.63) is 41.5 Å². The summed E-state index contributed by atoms with van der Waals surface area (Å²) in [6.07, 6.45) is 6.27. The molecule has 0 aromatic carbocycles. The molecule has 30 heavy (non-hydrogen) atoms. The largest absolute Gasteiger partial charge is 0.328 e. The summed E-state index contributed by atoms with van der Waals surface area (Å²) in [5.74, 6) is 0.302. The number of hydrogen-bond donors (Lipinski definition) is 3. The van der Waals surface area contributed by atoms with Gasteiger partial charge in [0.05, 0.1) is 11.9 Å². The molecule has 0 radical (unpaired) electrons. The van der Waals surface area contributed by atoms with E-state index < -0.39 is 11.8 Å². The van der Waals surface area contributed by atoms with Crippen LogP contribution in [0, 0.1) is 13.8 Å². The average molecular weight is 410 g/mol. The number of nitrogens with zero attached hydrogens (tertiary/aromatic N) is 7. The highest BCUT2D eigenvalue weighted by molar-refractivity contribution is 6.39. The van der Waals surface area contributed by atoms with Gasteiger partial charge < -0.3 is 9.88 Å². The Bertz CT molecular complexity index is 1070. The number of hydrazine groups is 1. The lowest BCUT2D eigenvalue weighted by molar-refractivity contribution is -0.135. The van der Waals surface area contributed by atoms with Gasteiger partial charge in [0.25, 0.3) is 0 Å². The van der Waals surface area contributed by atoms with Crippen LogP contribution in [0.1, 0.15) is 35.9 Å². The van der Waals surface area contributed by atoms with Crippen LogP contribution >= 0.6 is 0 Å². The molecule has 1 aliphatic rings. The Morgan fingerprint density at radius 3 is 2.70 bits per heavy atom. The van der Waals surface area contributed by atoms with Crippen LogP contribution in [0.15, 0.2) is 18.5 Å². The topological polar surface area (TPSA) is 145 Å². The van der Waals surface area contributed by atoms with Gasteiger partial charge in [-0.15, -0.1) is 10.2 Å². The normalized spacial score (nSPS) is 12.9. The summed E-state index contributed by atoms with van der Waals surface area (Å²) in [5.41, 5.74) is 6.69. The second-order valence-corrected chi connectivity index (χ2v) is 7.08. The third kappa shape index (κ3) is 4.42. The molecule has 0 unspecified atom stereocenters. The van der Waals surface area contributed by atoms with Gasteiger partial charge in [0, 0.05) is 30.6 Å². The maximum absolute atomic E-state index is 12.1. The molecule has 1 aliphatic heterocycles. The number of carbonyl (C=O) groups excluding carboxylic acids is 2. The monoisotopic (exact) mass is 410 g/mol. The van der Waals surface area contributed by atoms with Crippen molar-refractivity contribution >= 4 is 23.5 Å². The zero-order valence-corrected chi connectivity index (χ0v) is 16.7. The van der Waals surface area contributed by atoms with Gasteiger partial charge in [-0.25, -0.2) is 9.97 Å². The molecule has 12 nitrogen and oxygen atoms in total. The van der Waals surface area contributed by atoms with Crippen LogP contribution < -0.4 is 16.2 Å². The molecule has 3 aromatic rings. The van der Waals surface area contributed by atoms with Gasteiger partial charge in [-0.2, -0.15) is 5.10 Å². The predicted molar refractivity (Wildman–Crippen MR) is 106 cm³/mol. The number of hydrogen-bond acceptors (Lipinski definition) is 8. The Morgan fingerprint density at radius 2 is 1.90 bits per heavy atom. The number of amides is 2. The van der Waals surface area contributed by atoms with E-state index in [1.807, 2.05) is 0 Å². The van der Waals surface area contributed by atoms with Crippen LogP contribution in [0.3, 0.4) is 0 Å². The van der Waals surface area contributed by atoms with Gasteiger partial charge in [0.1, 0.15) is 12.4 Å². The van der Waals surface area contributed by atoms with E-state index in [2.05, 4.69) is 46.0 Å². The molecule has 0 atom stereocenters. The van der Waals surface area contributed by atoms with Crippen molar-refractivity contribution < 1.29 is 9.59 Å². The Labute approximate surface area is 172 Å². The first kappa shape index (κ1) is 19.5. The first-order chi connectivity index (χ1) is 14.5. The van der Waals surface area contributed by atoms with Crippen LogP contribution in [0.2, 0.25) is 0 Å². The van der Waals surface area contributed by atoms with Crippen molar-refractivity contribution in [1.29, 1.82) is 0 Å². The van der Waals surface area contributed by atoms with E-state index in [1.54, 1.807) is 30.8 Å². The fourth-order valence-corrected chi connectivity index (χ4v) is 3.28. The highest BCUT2D eigenvalue weighted by atomic mass is 16.2. The summed E-state index contributed by atoms with van der Waals surface area (Å²) in [5, 5.41) is 15.2. The maximum Gasteiger partial charge on any atom is 0.328 e. The van der Waals surface area contributed by atoms with E-state index in [9.17, 15) is 9.59 Å². The number of fused-ring (bicyclic) bond motifs is 1. The van der Waals surface area contributed by atoms with Gasteiger partial charge in [-0.3, -0.25) is 25.1 Å². The van der Waals surface area contributed by atoms with E-state index in [1.165, 1.54) is 6.20 Å². The molecule has 2 amide bonds. The van der Waals surface area contributed by atoms with E-state index >= 15 is 0 Å². The fraction of sp³-hybridized carbons (Fsp3) is 0.389. The zero-order chi connectivity index (χ0) is 21.1. The lowest BCUT2D eigenvalue weighted by atomic mass is 10.2. The molecule has 12 heteroatoms. The Hall–Kier alpha value is -3.83. The number of rotatable bonds is 5. The molecule has 4 heterocycles. The second kappa shape index (κ2) is 8.27. The molecule has 4 rings (SSSR count). The maximum atomic E-state index is 12.1.